The molecule has 3 heterocycles. The van der Waals surface area contributed by atoms with E-state index in [0.717, 1.165) is 64.4 Å². The Bertz CT molecular complexity index is 1370. The fourth-order valence-electron chi connectivity index (χ4n) is 4.67. The van der Waals surface area contributed by atoms with Gasteiger partial charge in [0.15, 0.2) is 10.8 Å². The van der Waals surface area contributed by atoms with E-state index < -0.39 is 0 Å². The van der Waals surface area contributed by atoms with Crippen molar-refractivity contribution in [3.63, 3.8) is 0 Å². The first-order chi connectivity index (χ1) is 16.6. The van der Waals surface area contributed by atoms with E-state index in [1.54, 1.807) is 7.11 Å². The number of fused-ring (bicyclic) bond motifs is 5. The number of carbonyl (C=O) groups excluding carboxylic acids is 1. The lowest BCUT2D eigenvalue weighted by atomic mass is 9.89. The molecular formula is C25H27N5O2S2. The highest BCUT2D eigenvalue weighted by Gasteiger charge is 2.32. The zero-order chi connectivity index (χ0) is 23.2. The van der Waals surface area contributed by atoms with Gasteiger partial charge in [0, 0.05) is 17.3 Å². The van der Waals surface area contributed by atoms with Gasteiger partial charge in [-0.1, -0.05) is 30.8 Å². The number of aromatic nitrogens is 4. The highest BCUT2D eigenvalue weighted by atomic mass is 32.2. The summed E-state index contributed by atoms with van der Waals surface area (Å²) in [7, 11) is 1.64. The Morgan fingerprint density at radius 1 is 1.24 bits per heavy atom. The van der Waals surface area contributed by atoms with Crippen molar-refractivity contribution < 1.29 is 9.53 Å². The Balaban J connectivity index is 1.24. The van der Waals surface area contributed by atoms with Gasteiger partial charge in [0.25, 0.3) is 0 Å². The van der Waals surface area contributed by atoms with E-state index in [-0.39, 0.29) is 5.91 Å². The van der Waals surface area contributed by atoms with Gasteiger partial charge in [-0.05, 0) is 61.3 Å². The first-order valence-electron chi connectivity index (χ1n) is 11.8. The number of hydrogen-bond acceptors (Lipinski definition) is 7. The molecule has 1 saturated carbocycles. The van der Waals surface area contributed by atoms with Crippen molar-refractivity contribution in [3.8, 4) is 5.75 Å². The molecule has 2 aliphatic carbocycles. The van der Waals surface area contributed by atoms with Crippen molar-refractivity contribution in [3.05, 3.63) is 46.1 Å². The molecule has 0 radical (unpaired) electrons. The number of amides is 1. The molecule has 176 valence electrons. The van der Waals surface area contributed by atoms with Crippen molar-refractivity contribution in [2.75, 3.05) is 12.9 Å². The van der Waals surface area contributed by atoms with Crippen LogP contribution in [0.3, 0.4) is 0 Å². The van der Waals surface area contributed by atoms with Crippen molar-refractivity contribution in [2.24, 2.45) is 5.92 Å². The molecule has 1 N–H and O–H groups in total. The standard InChI is InChI=1S/C25H27N5O2S2/c1-14-3-10-18-19(11-14)34-24-21(18)23-28-29-25(30(23)22(27-24)16-6-7-16)33-13-20(31)26-12-15-4-8-17(32-2)9-5-15/h4-5,8-9,14,16H,3,6-7,10-13H2,1-2H3,(H,26,31)/t14-/m0/s1. The summed E-state index contributed by atoms with van der Waals surface area (Å²) >= 11 is 3.28. The lowest BCUT2D eigenvalue weighted by Crippen LogP contribution is -2.24. The van der Waals surface area contributed by atoms with Crippen LogP contribution in [0.1, 0.15) is 53.9 Å². The average molecular weight is 494 g/mol. The lowest BCUT2D eigenvalue weighted by molar-refractivity contribution is -0.118. The van der Waals surface area contributed by atoms with E-state index in [4.69, 9.17) is 9.72 Å². The molecule has 0 bridgehead atoms. The first kappa shape index (κ1) is 21.9. The van der Waals surface area contributed by atoms with Gasteiger partial charge in [-0.25, -0.2) is 4.98 Å². The SMILES string of the molecule is COc1ccc(CNC(=O)CSc2nnc3c4c5c(sc4nc(C4CC4)n23)C[C@@H](C)CC5)cc1. The number of nitrogens with zero attached hydrogens (tertiary/aromatic N) is 4. The normalized spacial score (nSPS) is 17.8. The number of hydrogen-bond donors (Lipinski definition) is 1. The number of thiophene rings is 1. The first-order valence-corrected chi connectivity index (χ1v) is 13.6. The number of methoxy groups -OCH3 is 1. The predicted octanol–water partition coefficient (Wildman–Crippen LogP) is 4.76. The van der Waals surface area contributed by atoms with Crippen LogP contribution in [0, 0.1) is 5.92 Å². The summed E-state index contributed by atoms with van der Waals surface area (Å²) in [6.07, 6.45) is 5.73. The largest absolute Gasteiger partial charge is 0.497 e. The Labute approximate surface area is 206 Å². The van der Waals surface area contributed by atoms with E-state index in [9.17, 15) is 4.79 Å². The van der Waals surface area contributed by atoms with Gasteiger partial charge in [-0.3, -0.25) is 9.20 Å². The van der Waals surface area contributed by atoms with E-state index in [0.29, 0.717) is 18.2 Å². The maximum Gasteiger partial charge on any atom is 0.230 e. The van der Waals surface area contributed by atoms with Crippen LogP contribution >= 0.6 is 23.1 Å². The minimum Gasteiger partial charge on any atom is -0.497 e. The van der Waals surface area contributed by atoms with Crippen LogP contribution < -0.4 is 10.1 Å². The molecular weight excluding hydrogens is 466 g/mol. The summed E-state index contributed by atoms with van der Waals surface area (Å²) in [6.45, 7) is 2.82. The quantitative estimate of drug-likeness (QED) is 0.374. The maximum absolute atomic E-state index is 12.6. The fraction of sp³-hybridized carbons (Fsp3) is 0.440. The summed E-state index contributed by atoms with van der Waals surface area (Å²) in [5.74, 6) is 3.31. The Hall–Kier alpha value is -2.65. The highest BCUT2D eigenvalue weighted by Crippen LogP contribution is 2.44. The van der Waals surface area contributed by atoms with Gasteiger partial charge < -0.3 is 10.1 Å². The molecule has 1 amide bonds. The van der Waals surface area contributed by atoms with E-state index in [1.807, 2.05) is 35.6 Å². The van der Waals surface area contributed by atoms with Crippen LogP contribution in [0.15, 0.2) is 29.4 Å². The third-order valence-corrected chi connectivity index (χ3v) is 8.80. The second-order valence-corrected chi connectivity index (χ2v) is 11.4. The number of rotatable bonds is 7. The fourth-order valence-corrected chi connectivity index (χ4v) is 6.83. The molecule has 7 nitrogen and oxygen atoms in total. The Morgan fingerprint density at radius 2 is 2.06 bits per heavy atom. The molecule has 6 rings (SSSR count). The molecule has 0 unspecified atom stereocenters. The molecule has 1 aromatic carbocycles. The second-order valence-electron chi connectivity index (χ2n) is 9.33. The van der Waals surface area contributed by atoms with E-state index in [1.165, 1.54) is 34.0 Å². The summed E-state index contributed by atoms with van der Waals surface area (Å²) in [6, 6.07) is 7.71. The summed E-state index contributed by atoms with van der Waals surface area (Å²) in [5, 5.41) is 14.1. The van der Waals surface area contributed by atoms with Gasteiger partial charge in [0.1, 0.15) is 16.4 Å². The topological polar surface area (TPSA) is 81.4 Å². The molecule has 0 aliphatic heterocycles. The van der Waals surface area contributed by atoms with E-state index in [2.05, 4.69) is 26.8 Å². The van der Waals surface area contributed by atoms with Gasteiger partial charge >= 0.3 is 0 Å². The van der Waals surface area contributed by atoms with Gasteiger partial charge in [-0.15, -0.1) is 21.5 Å². The van der Waals surface area contributed by atoms with Crippen LogP contribution in [-0.2, 0) is 24.2 Å². The minimum atomic E-state index is -0.0264. The summed E-state index contributed by atoms with van der Waals surface area (Å²) in [5.41, 5.74) is 3.37. The van der Waals surface area contributed by atoms with Gasteiger partial charge in [0.05, 0.1) is 18.2 Å². The van der Waals surface area contributed by atoms with Crippen LogP contribution in [0.4, 0.5) is 0 Å². The van der Waals surface area contributed by atoms with Gasteiger partial charge in [0.2, 0.25) is 5.91 Å². The summed E-state index contributed by atoms with van der Waals surface area (Å²) in [4.78, 5) is 20.3. The second kappa shape index (κ2) is 8.85. The molecule has 0 spiro atoms. The van der Waals surface area contributed by atoms with Crippen molar-refractivity contribution in [2.45, 2.75) is 56.6 Å². The zero-order valence-corrected chi connectivity index (χ0v) is 21.0. The molecule has 9 heteroatoms. The van der Waals surface area contributed by atoms with Crippen molar-refractivity contribution in [1.29, 1.82) is 0 Å². The number of ether oxygens (including phenoxy) is 1. The molecule has 0 saturated heterocycles. The van der Waals surface area contributed by atoms with Crippen LogP contribution in [0.25, 0.3) is 15.9 Å². The number of aryl methyl sites for hydroxylation is 1. The molecule has 4 aromatic rings. The third kappa shape index (κ3) is 4.05. The third-order valence-electron chi connectivity index (χ3n) is 6.72. The van der Waals surface area contributed by atoms with Crippen LogP contribution in [0.2, 0.25) is 0 Å². The molecule has 1 fully saturated rings. The monoisotopic (exact) mass is 493 g/mol. The molecule has 34 heavy (non-hydrogen) atoms. The number of thioether (sulfide) groups is 1. The van der Waals surface area contributed by atoms with Crippen molar-refractivity contribution >= 4 is 44.9 Å². The zero-order valence-electron chi connectivity index (χ0n) is 19.3. The minimum absolute atomic E-state index is 0.0264. The maximum atomic E-state index is 12.6. The van der Waals surface area contributed by atoms with Crippen LogP contribution in [0.5, 0.6) is 5.75 Å². The molecule has 3 aromatic heterocycles. The highest BCUT2D eigenvalue weighted by molar-refractivity contribution is 7.99. The summed E-state index contributed by atoms with van der Waals surface area (Å²) < 4.78 is 7.32. The smallest absolute Gasteiger partial charge is 0.230 e. The van der Waals surface area contributed by atoms with Crippen molar-refractivity contribution in [1.82, 2.24) is 24.9 Å². The Kier molecular flexibility index (Phi) is 5.69. The molecule has 1 atom stereocenters. The average Bonchev–Trinajstić information content (AvgIpc) is 3.51. The number of benzene rings is 1. The van der Waals surface area contributed by atoms with E-state index >= 15 is 0 Å². The van der Waals surface area contributed by atoms with Crippen LogP contribution in [-0.4, -0.2) is 38.4 Å². The van der Waals surface area contributed by atoms with Gasteiger partial charge in [-0.2, -0.15) is 0 Å². The molecule has 2 aliphatic rings. The number of nitrogens with one attached hydrogen (secondary N) is 1. The Morgan fingerprint density at radius 3 is 2.82 bits per heavy atom. The number of carbonyl (C=O) groups is 1. The lowest BCUT2D eigenvalue weighted by Gasteiger charge is -2.17. The predicted molar refractivity (Wildman–Crippen MR) is 135 cm³/mol.